The van der Waals surface area contributed by atoms with Crippen LogP contribution >= 0.6 is 34.2 Å². The van der Waals surface area contributed by atoms with Crippen molar-refractivity contribution in [2.75, 3.05) is 4.43 Å². The van der Waals surface area contributed by atoms with Gasteiger partial charge in [0.05, 0.1) is 0 Å². The number of alkyl halides is 1. The fraction of sp³-hybridized carbons (Fsp3) is 0.500. The van der Waals surface area contributed by atoms with Crippen molar-refractivity contribution in [3.63, 3.8) is 0 Å². The molecule has 0 radical (unpaired) electrons. The Labute approximate surface area is 115 Å². The molecule has 1 aromatic carbocycles. The van der Waals surface area contributed by atoms with Crippen LogP contribution in [0.1, 0.15) is 19.4 Å². The Balaban J connectivity index is 2.63. The molecule has 0 saturated heterocycles. The fourth-order valence-electron chi connectivity index (χ4n) is 1.39. The topological polar surface area (TPSA) is 12.0 Å². The molecule has 90 valence electrons. The molecule has 0 aliphatic carbocycles. The van der Waals surface area contributed by atoms with Gasteiger partial charge in [-0.25, -0.2) is 4.39 Å². The van der Waals surface area contributed by atoms with Crippen molar-refractivity contribution in [2.45, 2.75) is 26.4 Å². The van der Waals surface area contributed by atoms with Gasteiger partial charge < -0.3 is 5.32 Å². The van der Waals surface area contributed by atoms with E-state index >= 15 is 0 Å². The Morgan fingerprint density at radius 1 is 1.44 bits per heavy atom. The molecule has 0 aromatic heterocycles. The Morgan fingerprint density at radius 2 is 2.12 bits per heavy atom. The van der Waals surface area contributed by atoms with E-state index in [4.69, 9.17) is 11.6 Å². The lowest BCUT2D eigenvalue weighted by Crippen LogP contribution is -2.34. The van der Waals surface area contributed by atoms with Gasteiger partial charge >= 0.3 is 0 Å². The van der Waals surface area contributed by atoms with E-state index < -0.39 is 0 Å². The first-order chi connectivity index (χ1) is 7.54. The van der Waals surface area contributed by atoms with Crippen molar-refractivity contribution < 1.29 is 4.39 Å². The minimum Gasteiger partial charge on any atom is -0.309 e. The van der Waals surface area contributed by atoms with Crippen LogP contribution in [0.15, 0.2) is 18.2 Å². The van der Waals surface area contributed by atoms with Crippen LogP contribution < -0.4 is 5.32 Å². The minimum atomic E-state index is -0.239. The molecule has 0 amide bonds. The van der Waals surface area contributed by atoms with Gasteiger partial charge in [0.25, 0.3) is 0 Å². The maximum absolute atomic E-state index is 13.0. The SMILES string of the molecule is CC(C)C(CI)NCc1cc(F)ccc1Cl. The third kappa shape index (κ3) is 4.18. The van der Waals surface area contributed by atoms with E-state index in [1.54, 1.807) is 6.07 Å². The number of nitrogens with one attached hydrogen (secondary N) is 1. The molecule has 16 heavy (non-hydrogen) atoms. The van der Waals surface area contributed by atoms with Crippen molar-refractivity contribution in [3.05, 3.63) is 34.6 Å². The van der Waals surface area contributed by atoms with E-state index in [2.05, 4.69) is 41.8 Å². The van der Waals surface area contributed by atoms with Crippen LogP contribution in [0.3, 0.4) is 0 Å². The number of hydrogen-bond acceptors (Lipinski definition) is 1. The average molecular weight is 356 g/mol. The van der Waals surface area contributed by atoms with E-state index in [1.807, 2.05) is 0 Å². The van der Waals surface area contributed by atoms with Gasteiger partial charge in [-0.3, -0.25) is 0 Å². The van der Waals surface area contributed by atoms with Gasteiger partial charge in [-0.2, -0.15) is 0 Å². The second-order valence-corrected chi connectivity index (χ2v) is 5.41. The highest BCUT2D eigenvalue weighted by Gasteiger charge is 2.11. The second kappa shape index (κ2) is 6.77. The standard InChI is InChI=1S/C12H16ClFIN/c1-8(2)12(6-15)16-7-9-5-10(14)3-4-11(9)13/h3-5,8,12,16H,6-7H2,1-2H3. The Morgan fingerprint density at radius 3 is 2.69 bits per heavy atom. The van der Waals surface area contributed by atoms with E-state index in [0.717, 1.165) is 9.99 Å². The zero-order valence-corrected chi connectivity index (χ0v) is 12.3. The quantitative estimate of drug-likeness (QED) is 0.621. The van der Waals surface area contributed by atoms with E-state index in [1.165, 1.54) is 12.1 Å². The van der Waals surface area contributed by atoms with Crippen LogP contribution in [-0.4, -0.2) is 10.5 Å². The summed E-state index contributed by atoms with van der Waals surface area (Å²) in [6, 6.07) is 4.90. The lowest BCUT2D eigenvalue weighted by Gasteiger charge is -2.20. The molecule has 1 unspecified atom stereocenters. The smallest absolute Gasteiger partial charge is 0.123 e. The first kappa shape index (κ1) is 14.2. The van der Waals surface area contributed by atoms with Gasteiger partial charge in [-0.05, 0) is 29.7 Å². The van der Waals surface area contributed by atoms with Crippen molar-refractivity contribution >= 4 is 34.2 Å². The molecule has 4 heteroatoms. The number of benzene rings is 1. The molecule has 0 aliphatic heterocycles. The highest BCUT2D eigenvalue weighted by atomic mass is 127. The predicted molar refractivity (Wildman–Crippen MR) is 75.8 cm³/mol. The second-order valence-electron chi connectivity index (χ2n) is 4.12. The summed E-state index contributed by atoms with van der Waals surface area (Å²) in [5.74, 6) is 0.320. The zero-order chi connectivity index (χ0) is 12.1. The van der Waals surface area contributed by atoms with Gasteiger partial charge in [0.1, 0.15) is 5.82 Å². The first-order valence-corrected chi connectivity index (χ1v) is 7.18. The zero-order valence-electron chi connectivity index (χ0n) is 9.43. The van der Waals surface area contributed by atoms with Crippen LogP contribution in [0.2, 0.25) is 5.02 Å². The average Bonchev–Trinajstić information content (AvgIpc) is 2.23. The van der Waals surface area contributed by atoms with Crippen LogP contribution in [0.4, 0.5) is 4.39 Å². The Kier molecular flexibility index (Phi) is 6.00. The summed E-state index contributed by atoms with van der Waals surface area (Å²) in [6.45, 7) is 4.95. The molecule has 0 fully saturated rings. The molecular weight excluding hydrogens is 339 g/mol. The summed E-state index contributed by atoms with van der Waals surface area (Å²) in [4.78, 5) is 0. The Bertz CT molecular complexity index is 344. The van der Waals surface area contributed by atoms with E-state index in [0.29, 0.717) is 23.5 Å². The number of halogens is 3. The molecule has 0 spiro atoms. The maximum atomic E-state index is 13.0. The maximum Gasteiger partial charge on any atom is 0.123 e. The molecular formula is C12H16ClFIN. The summed E-state index contributed by atoms with van der Waals surface area (Å²) >= 11 is 8.35. The molecule has 1 atom stereocenters. The molecule has 1 N–H and O–H groups in total. The fourth-order valence-corrected chi connectivity index (χ4v) is 2.90. The molecule has 1 rings (SSSR count). The summed E-state index contributed by atoms with van der Waals surface area (Å²) in [6.07, 6.45) is 0. The van der Waals surface area contributed by atoms with Gasteiger partial charge in [-0.15, -0.1) is 0 Å². The molecule has 0 aliphatic rings. The van der Waals surface area contributed by atoms with Crippen LogP contribution in [0.25, 0.3) is 0 Å². The minimum absolute atomic E-state index is 0.239. The molecule has 1 aromatic rings. The number of rotatable bonds is 5. The predicted octanol–water partition coefficient (Wildman–Crippen LogP) is 4.03. The summed E-state index contributed by atoms with van der Waals surface area (Å²) in [7, 11) is 0. The van der Waals surface area contributed by atoms with Gasteiger partial charge in [0.15, 0.2) is 0 Å². The third-order valence-electron chi connectivity index (χ3n) is 2.53. The number of hydrogen-bond donors (Lipinski definition) is 1. The van der Waals surface area contributed by atoms with E-state index in [-0.39, 0.29) is 5.82 Å². The first-order valence-electron chi connectivity index (χ1n) is 5.28. The van der Waals surface area contributed by atoms with Crippen molar-refractivity contribution in [3.8, 4) is 0 Å². The normalized spacial score (nSPS) is 13.1. The van der Waals surface area contributed by atoms with Gasteiger partial charge in [-0.1, -0.05) is 48.0 Å². The van der Waals surface area contributed by atoms with Crippen molar-refractivity contribution in [2.24, 2.45) is 5.92 Å². The highest BCUT2D eigenvalue weighted by Crippen LogP contribution is 2.17. The monoisotopic (exact) mass is 355 g/mol. The largest absolute Gasteiger partial charge is 0.309 e. The molecule has 0 bridgehead atoms. The highest BCUT2D eigenvalue weighted by molar-refractivity contribution is 14.1. The lowest BCUT2D eigenvalue weighted by atomic mass is 10.1. The van der Waals surface area contributed by atoms with Crippen LogP contribution in [0.5, 0.6) is 0 Å². The summed E-state index contributed by atoms with van der Waals surface area (Å²) in [5, 5.41) is 4.01. The third-order valence-corrected chi connectivity index (χ3v) is 3.85. The van der Waals surface area contributed by atoms with Gasteiger partial charge in [0.2, 0.25) is 0 Å². The van der Waals surface area contributed by atoms with E-state index in [9.17, 15) is 4.39 Å². The van der Waals surface area contributed by atoms with Crippen molar-refractivity contribution in [1.29, 1.82) is 0 Å². The summed E-state index contributed by atoms with van der Waals surface area (Å²) < 4.78 is 14.1. The van der Waals surface area contributed by atoms with Crippen molar-refractivity contribution in [1.82, 2.24) is 5.32 Å². The molecule has 0 saturated carbocycles. The van der Waals surface area contributed by atoms with Crippen LogP contribution in [0, 0.1) is 11.7 Å². The Hall–Kier alpha value is 0.130. The lowest BCUT2D eigenvalue weighted by molar-refractivity contribution is 0.436. The van der Waals surface area contributed by atoms with Gasteiger partial charge in [0, 0.05) is 22.0 Å². The summed E-state index contributed by atoms with van der Waals surface area (Å²) in [5.41, 5.74) is 0.817. The van der Waals surface area contributed by atoms with Crippen LogP contribution in [-0.2, 0) is 6.54 Å². The molecule has 1 nitrogen and oxygen atoms in total. The molecule has 0 heterocycles.